The largest absolute Gasteiger partial charge is 0.351 e. The maximum atomic E-state index is 12.1. The lowest BCUT2D eigenvalue weighted by Crippen LogP contribution is -2.24. The van der Waals surface area contributed by atoms with Gasteiger partial charge in [-0.05, 0) is 36.1 Å². The Morgan fingerprint density at radius 2 is 2.08 bits per heavy atom. The number of benzene rings is 1. The number of thiophene rings is 1. The molecule has 1 aromatic carbocycles. The van der Waals surface area contributed by atoms with Gasteiger partial charge in [-0.2, -0.15) is 0 Å². The fourth-order valence-electron chi connectivity index (χ4n) is 2.25. The predicted octanol–water partition coefficient (Wildman–Crippen LogP) is 4.09. The van der Waals surface area contributed by atoms with Crippen LogP contribution in [0, 0.1) is 0 Å². The number of hydrogen-bond donors (Lipinski definition) is 1. The van der Waals surface area contributed by atoms with Gasteiger partial charge >= 0.3 is 0 Å². The molecule has 0 unspecified atom stereocenters. The molecular formula is C17H17ClN4OS2. The number of nitrogens with one attached hydrogen (secondary N) is 1. The Morgan fingerprint density at radius 3 is 2.76 bits per heavy atom. The lowest BCUT2D eigenvalue weighted by molar-refractivity contribution is -0.118. The summed E-state index contributed by atoms with van der Waals surface area (Å²) in [6.07, 6.45) is 0. The molecule has 0 radical (unpaired) electrons. The van der Waals surface area contributed by atoms with Gasteiger partial charge in [-0.1, -0.05) is 41.6 Å². The molecule has 0 aliphatic carbocycles. The molecule has 0 fully saturated rings. The summed E-state index contributed by atoms with van der Waals surface area (Å²) in [5.41, 5.74) is 1.01. The highest BCUT2D eigenvalue weighted by atomic mass is 35.5. The van der Waals surface area contributed by atoms with Crippen LogP contribution < -0.4 is 5.32 Å². The van der Waals surface area contributed by atoms with Crippen LogP contribution in [-0.2, 0) is 17.9 Å². The van der Waals surface area contributed by atoms with Crippen LogP contribution in [0.2, 0.25) is 5.02 Å². The van der Waals surface area contributed by atoms with Crippen molar-refractivity contribution >= 4 is 40.6 Å². The standard InChI is InChI=1S/C17H17ClN4OS2/c1-2-22-16(14-4-3-9-24-14)20-21-17(22)25-11-15(23)19-10-12-5-7-13(18)8-6-12/h3-9H,2,10-11H2,1H3,(H,19,23). The van der Waals surface area contributed by atoms with E-state index in [-0.39, 0.29) is 5.91 Å². The first-order chi connectivity index (χ1) is 12.2. The zero-order valence-corrected chi connectivity index (χ0v) is 16.0. The summed E-state index contributed by atoms with van der Waals surface area (Å²) in [5.74, 6) is 1.11. The van der Waals surface area contributed by atoms with Gasteiger partial charge in [-0.25, -0.2) is 0 Å². The fraction of sp³-hybridized carbons (Fsp3) is 0.235. The number of halogens is 1. The second kappa shape index (κ2) is 8.51. The minimum absolute atomic E-state index is 0.0386. The maximum absolute atomic E-state index is 12.1. The van der Waals surface area contributed by atoms with Crippen LogP contribution >= 0.6 is 34.7 Å². The monoisotopic (exact) mass is 392 g/mol. The molecule has 5 nitrogen and oxygen atoms in total. The van der Waals surface area contributed by atoms with E-state index in [1.165, 1.54) is 11.8 Å². The summed E-state index contributed by atoms with van der Waals surface area (Å²) >= 11 is 8.88. The quantitative estimate of drug-likeness (QED) is 0.615. The highest BCUT2D eigenvalue weighted by molar-refractivity contribution is 7.99. The molecular weight excluding hydrogens is 376 g/mol. The van der Waals surface area contributed by atoms with Crippen molar-refractivity contribution in [3.05, 3.63) is 52.4 Å². The van der Waals surface area contributed by atoms with E-state index < -0.39 is 0 Å². The molecule has 8 heteroatoms. The van der Waals surface area contributed by atoms with E-state index in [9.17, 15) is 4.79 Å². The van der Waals surface area contributed by atoms with Gasteiger partial charge in [0.25, 0.3) is 0 Å². The Morgan fingerprint density at radius 1 is 1.28 bits per heavy atom. The topological polar surface area (TPSA) is 59.8 Å². The molecule has 1 amide bonds. The molecule has 1 N–H and O–H groups in total. The Hall–Kier alpha value is -1.83. The molecule has 0 aliphatic rings. The first-order valence-electron chi connectivity index (χ1n) is 7.78. The van der Waals surface area contributed by atoms with E-state index in [0.717, 1.165) is 28.0 Å². The van der Waals surface area contributed by atoms with E-state index in [0.29, 0.717) is 17.3 Å². The van der Waals surface area contributed by atoms with Crippen molar-refractivity contribution < 1.29 is 4.79 Å². The fourth-order valence-corrected chi connectivity index (χ4v) is 3.93. The van der Waals surface area contributed by atoms with Crippen LogP contribution in [0.25, 0.3) is 10.7 Å². The number of nitrogens with zero attached hydrogens (tertiary/aromatic N) is 3. The van der Waals surface area contributed by atoms with Gasteiger partial charge in [0.05, 0.1) is 10.6 Å². The van der Waals surface area contributed by atoms with Crippen LogP contribution in [0.15, 0.2) is 46.9 Å². The second-order valence-corrected chi connectivity index (χ2v) is 7.55. The van der Waals surface area contributed by atoms with Crippen molar-refractivity contribution in [2.75, 3.05) is 5.75 Å². The molecule has 2 heterocycles. The average Bonchev–Trinajstić information content (AvgIpc) is 3.28. The van der Waals surface area contributed by atoms with Gasteiger partial charge in [0.1, 0.15) is 0 Å². The molecule has 0 aliphatic heterocycles. The van der Waals surface area contributed by atoms with E-state index in [2.05, 4.69) is 15.5 Å². The zero-order valence-electron chi connectivity index (χ0n) is 13.6. The Bertz CT molecular complexity index is 831. The number of rotatable bonds is 7. The molecule has 3 aromatic rings. The summed E-state index contributed by atoms with van der Waals surface area (Å²) in [6, 6.07) is 11.4. The molecule has 0 bridgehead atoms. The van der Waals surface area contributed by atoms with Crippen molar-refractivity contribution in [1.82, 2.24) is 20.1 Å². The number of carbonyl (C=O) groups excluding carboxylic acids is 1. The summed E-state index contributed by atoms with van der Waals surface area (Å²) in [5, 5.41) is 14.9. The summed E-state index contributed by atoms with van der Waals surface area (Å²) < 4.78 is 2.03. The van der Waals surface area contributed by atoms with Crippen molar-refractivity contribution in [3.63, 3.8) is 0 Å². The van der Waals surface area contributed by atoms with Crippen molar-refractivity contribution in [2.24, 2.45) is 0 Å². The third kappa shape index (κ3) is 4.62. The van der Waals surface area contributed by atoms with Crippen molar-refractivity contribution in [1.29, 1.82) is 0 Å². The molecule has 2 aromatic heterocycles. The number of hydrogen-bond acceptors (Lipinski definition) is 5. The Kier molecular flexibility index (Phi) is 6.12. The Labute approximate surface area is 159 Å². The smallest absolute Gasteiger partial charge is 0.230 e. The van der Waals surface area contributed by atoms with Gasteiger partial charge in [-0.15, -0.1) is 21.5 Å². The summed E-state index contributed by atoms with van der Waals surface area (Å²) in [4.78, 5) is 13.2. The molecule has 0 spiro atoms. The van der Waals surface area contributed by atoms with Crippen molar-refractivity contribution in [2.45, 2.75) is 25.2 Å². The lowest BCUT2D eigenvalue weighted by atomic mass is 10.2. The summed E-state index contributed by atoms with van der Waals surface area (Å²) in [6.45, 7) is 3.29. The van der Waals surface area contributed by atoms with Crippen molar-refractivity contribution in [3.8, 4) is 10.7 Å². The lowest BCUT2D eigenvalue weighted by Gasteiger charge is -2.07. The average molecular weight is 393 g/mol. The van der Waals surface area contributed by atoms with E-state index in [1.807, 2.05) is 53.3 Å². The number of thioether (sulfide) groups is 1. The van der Waals surface area contributed by atoms with E-state index in [4.69, 9.17) is 11.6 Å². The van der Waals surface area contributed by atoms with Crippen LogP contribution in [0.4, 0.5) is 0 Å². The van der Waals surface area contributed by atoms with E-state index in [1.54, 1.807) is 11.3 Å². The Balaban J connectivity index is 1.56. The molecule has 0 saturated carbocycles. The van der Waals surface area contributed by atoms with Gasteiger partial charge in [0.15, 0.2) is 11.0 Å². The SMILES string of the molecule is CCn1c(SCC(=O)NCc2ccc(Cl)cc2)nnc1-c1cccs1. The van der Waals surface area contributed by atoms with Gasteiger partial charge in [0, 0.05) is 18.1 Å². The minimum Gasteiger partial charge on any atom is -0.351 e. The van der Waals surface area contributed by atoms with Gasteiger partial charge < -0.3 is 9.88 Å². The second-order valence-electron chi connectivity index (χ2n) is 5.22. The maximum Gasteiger partial charge on any atom is 0.230 e. The highest BCUT2D eigenvalue weighted by Crippen LogP contribution is 2.27. The van der Waals surface area contributed by atoms with Gasteiger partial charge in [-0.3, -0.25) is 4.79 Å². The molecule has 0 saturated heterocycles. The van der Waals surface area contributed by atoms with E-state index >= 15 is 0 Å². The zero-order chi connectivity index (χ0) is 17.6. The first-order valence-corrected chi connectivity index (χ1v) is 10.0. The first kappa shape index (κ1) is 18.0. The molecule has 0 atom stereocenters. The summed E-state index contributed by atoms with van der Waals surface area (Å²) in [7, 11) is 0. The molecule has 3 rings (SSSR count). The minimum atomic E-state index is -0.0386. The van der Waals surface area contributed by atoms with Crippen LogP contribution in [0.3, 0.4) is 0 Å². The van der Waals surface area contributed by atoms with Crippen LogP contribution in [-0.4, -0.2) is 26.4 Å². The third-order valence-electron chi connectivity index (χ3n) is 3.51. The normalized spacial score (nSPS) is 10.8. The number of carbonyl (C=O) groups is 1. The van der Waals surface area contributed by atoms with Gasteiger partial charge in [0.2, 0.25) is 5.91 Å². The van der Waals surface area contributed by atoms with Crippen LogP contribution in [0.1, 0.15) is 12.5 Å². The number of amides is 1. The predicted molar refractivity (Wildman–Crippen MR) is 103 cm³/mol. The number of aromatic nitrogens is 3. The third-order valence-corrected chi connectivity index (χ3v) is 5.59. The highest BCUT2D eigenvalue weighted by Gasteiger charge is 2.15. The molecule has 25 heavy (non-hydrogen) atoms. The van der Waals surface area contributed by atoms with Crippen LogP contribution in [0.5, 0.6) is 0 Å². The molecule has 130 valence electrons.